The second-order valence-electron chi connectivity index (χ2n) is 5.44. The molecule has 1 rings (SSSR count). The van der Waals surface area contributed by atoms with Crippen LogP contribution in [0.1, 0.15) is 27.7 Å². The zero-order chi connectivity index (χ0) is 19.9. The Morgan fingerprint density at radius 3 is 1.92 bits per heavy atom. The van der Waals surface area contributed by atoms with Crippen molar-refractivity contribution in [1.82, 2.24) is 0 Å². The Kier molecular flexibility index (Phi) is 7.82. The van der Waals surface area contributed by atoms with Crippen LogP contribution >= 0.6 is 0 Å². The number of carbonyl (C=O) groups excluding carboxylic acids is 4. The van der Waals surface area contributed by atoms with E-state index in [0.29, 0.717) is 0 Å². The lowest BCUT2D eigenvalue weighted by Gasteiger charge is -2.41. The molecule has 0 amide bonds. The van der Waals surface area contributed by atoms with E-state index in [9.17, 15) is 19.2 Å². The molecule has 0 aromatic heterocycles. The van der Waals surface area contributed by atoms with Gasteiger partial charge in [-0.05, 0) is 6.08 Å². The first-order chi connectivity index (χ1) is 12.1. The molecular weight excluding hydrogens is 348 g/mol. The van der Waals surface area contributed by atoms with Crippen LogP contribution in [0, 0.1) is 0 Å². The molecule has 1 saturated heterocycles. The van der Waals surface area contributed by atoms with Crippen LogP contribution in [0.5, 0.6) is 0 Å². The third-order valence-corrected chi connectivity index (χ3v) is 3.19. The summed E-state index contributed by atoms with van der Waals surface area (Å²) in [6.07, 6.45) is -1.71. The van der Waals surface area contributed by atoms with Crippen molar-refractivity contribution in [3.05, 3.63) is 24.5 Å². The molecule has 0 unspecified atom stereocenters. The van der Waals surface area contributed by atoms with Crippen LogP contribution in [-0.4, -0.2) is 54.9 Å². The predicted molar refractivity (Wildman–Crippen MR) is 86.4 cm³/mol. The average Bonchev–Trinajstić information content (AvgIpc) is 2.50. The van der Waals surface area contributed by atoms with Gasteiger partial charge in [-0.3, -0.25) is 19.2 Å². The molecule has 0 spiro atoms. The SMILES string of the molecule is C=C/C=C1\O[C@H](COC(C)=O)[C@H](OC(C)=O)[C@H](OC(C)=O)[C@H]1OC(C)=O. The summed E-state index contributed by atoms with van der Waals surface area (Å²) in [7, 11) is 0. The van der Waals surface area contributed by atoms with Gasteiger partial charge in [0.25, 0.3) is 0 Å². The first-order valence-corrected chi connectivity index (χ1v) is 7.80. The monoisotopic (exact) mass is 370 g/mol. The quantitative estimate of drug-likeness (QED) is 0.495. The van der Waals surface area contributed by atoms with Crippen LogP contribution in [0.25, 0.3) is 0 Å². The van der Waals surface area contributed by atoms with Crippen molar-refractivity contribution in [3.63, 3.8) is 0 Å². The normalized spacial score (nSPS) is 26.2. The average molecular weight is 370 g/mol. The molecule has 9 heteroatoms. The number of hydrogen-bond acceptors (Lipinski definition) is 9. The van der Waals surface area contributed by atoms with E-state index in [1.54, 1.807) is 0 Å². The molecule has 0 saturated carbocycles. The molecule has 1 aliphatic rings. The smallest absolute Gasteiger partial charge is 0.303 e. The van der Waals surface area contributed by atoms with Crippen LogP contribution in [0.3, 0.4) is 0 Å². The van der Waals surface area contributed by atoms with Gasteiger partial charge in [0.1, 0.15) is 12.4 Å². The van der Waals surface area contributed by atoms with Crippen molar-refractivity contribution in [2.45, 2.75) is 52.1 Å². The van der Waals surface area contributed by atoms with Crippen molar-refractivity contribution >= 4 is 23.9 Å². The lowest BCUT2D eigenvalue weighted by Crippen LogP contribution is -2.57. The third-order valence-electron chi connectivity index (χ3n) is 3.19. The molecule has 0 N–H and O–H groups in total. The topological polar surface area (TPSA) is 114 Å². The maximum Gasteiger partial charge on any atom is 0.303 e. The Morgan fingerprint density at radius 2 is 1.46 bits per heavy atom. The fraction of sp³-hybridized carbons (Fsp3) is 0.529. The number of carbonyl (C=O) groups is 4. The number of allylic oxidation sites excluding steroid dienone is 2. The minimum atomic E-state index is -1.19. The molecule has 0 aromatic rings. The summed E-state index contributed by atoms with van der Waals surface area (Å²) >= 11 is 0. The van der Waals surface area contributed by atoms with Crippen LogP contribution < -0.4 is 0 Å². The van der Waals surface area contributed by atoms with Gasteiger partial charge in [-0.2, -0.15) is 0 Å². The Bertz CT molecular complexity index is 607. The van der Waals surface area contributed by atoms with E-state index in [0.717, 1.165) is 13.8 Å². The van der Waals surface area contributed by atoms with Gasteiger partial charge in [-0.15, -0.1) is 0 Å². The van der Waals surface area contributed by atoms with Gasteiger partial charge in [0.2, 0.25) is 0 Å². The zero-order valence-corrected chi connectivity index (χ0v) is 15.1. The van der Waals surface area contributed by atoms with E-state index in [2.05, 4.69) is 6.58 Å². The van der Waals surface area contributed by atoms with E-state index >= 15 is 0 Å². The van der Waals surface area contributed by atoms with Crippen molar-refractivity contribution in [3.8, 4) is 0 Å². The summed E-state index contributed by atoms with van der Waals surface area (Å²) in [6.45, 7) is 7.96. The highest BCUT2D eigenvalue weighted by atomic mass is 16.7. The molecule has 1 aliphatic heterocycles. The summed E-state index contributed by atoms with van der Waals surface area (Å²) < 4.78 is 26.3. The van der Waals surface area contributed by atoms with Crippen LogP contribution in [0.2, 0.25) is 0 Å². The molecule has 144 valence electrons. The van der Waals surface area contributed by atoms with Gasteiger partial charge in [0.05, 0.1) is 0 Å². The van der Waals surface area contributed by atoms with Crippen LogP contribution in [0.4, 0.5) is 0 Å². The fourth-order valence-corrected chi connectivity index (χ4v) is 2.39. The third kappa shape index (κ3) is 6.23. The van der Waals surface area contributed by atoms with E-state index in [1.165, 1.54) is 26.0 Å². The van der Waals surface area contributed by atoms with Crippen molar-refractivity contribution in [1.29, 1.82) is 0 Å². The number of rotatable bonds is 6. The van der Waals surface area contributed by atoms with E-state index < -0.39 is 48.3 Å². The first kappa shape index (κ1) is 21.2. The molecule has 9 nitrogen and oxygen atoms in total. The lowest BCUT2D eigenvalue weighted by molar-refractivity contribution is -0.215. The van der Waals surface area contributed by atoms with Gasteiger partial charge in [0.15, 0.2) is 24.4 Å². The van der Waals surface area contributed by atoms with Crippen molar-refractivity contribution in [2.24, 2.45) is 0 Å². The highest BCUT2D eigenvalue weighted by Crippen LogP contribution is 2.31. The molecule has 26 heavy (non-hydrogen) atoms. The minimum Gasteiger partial charge on any atom is -0.483 e. The second-order valence-corrected chi connectivity index (χ2v) is 5.44. The van der Waals surface area contributed by atoms with Gasteiger partial charge >= 0.3 is 23.9 Å². The summed E-state index contributed by atoms with van der Waals surface area (Å²) in [4.78, 5) is 45.6. The van der Waals surface area contributed by atoms with Gasteiger partial charge in [0, 0.05) is 27.7 Å². The molecular formula is C17H22O9. The number of esters is 4. The Labute approximate surface area is 150 Å². The Balaban J connectivity index is 3.31. The standard InChI is InChI=1S/C17H22O9/c1-6-7-13-15(23-10(3)19)17(25-12(5)21)16(24-11(4)20)14(26-13)8-22-9(2)18/h6-7,14-17H,1,8H2,2-5H3/b13-7-/t14-,15+,16+,17-/m1/s1. The molecule has 1 fully saturated rings. The van der Waals surface area contributed by atoms with Gasteiger partial charge in [-0.25, -0.2) is 0 Å². The molecule has 0 bridgehead atoms. The Hall–Kier alpha value is -2.84. The maximum atomic E-state index is 11.5. The van der Waals surface area contributed by atoms with Crippen LogP contribution in [0.15, 0.2) is 24.5 Å². The lowest BCUT2D eigenvalue weighted by atomic mass is 9.96. The minimum absolute atomic E-state index is 0.113. The van der Waals surface area contributed by atoms with Crippen molar-refractivity contribution < 1.29 is 42.9 Å². The molecule has 0 aromatic carbocycles. The van der Waals surface area contributed by atoms with E-state index in [1.807, 2.05) is 0 Å². The highest BCUT2D eigenvalue weighted by molar-refractivity contribution is 5.69. The molecule has 1 heterocycles. The first-order valence-electron chi connectivity index (χ1n) is 7.80. The number of hydrogen-bond donors (Lipinski definition) is 0. The predicted octanol–water partition coefficient (Wildman–Crippen LogP) is 0.813. The summed E-state index contributed by atoms with van der Waals surface area (Å²) in [5, 5.41) is 0. The number of ether oxygens (including phenoxy) is 5. The van der Waals surface area contributed by atoms with Gasteiger partial charge < -0.3 is 23.7 Å². The summed E-state index contributed by atoms with van der Waals surface area (Å²) in [6, 6.07) is 0. The van der Waals surface area contributed by atoms with Gasteiger partial charge in [-0.1, -0.05) is 12.7 Å². The largest absolute Gasteiger partial charge is 0.483 e. The summed E-state index contributed by atoms with van der Waals surface area (Å²) in [5.74, 6) is -2.49. The highest BCUT2D eigenvalue weighted by Gasteiger charge is 2.50. The zero-order valence-electron chi connectivity index (χ0n) is 15.1. The van der Waals surface area contributed by atoms with E-state index in [-0.39, 0.29) is 12.4 Å². The van der Waals surface area contributed by atoms with Crippen molar-refractivity contribution in [2.75, 3.05) is 6.61 Å². The van der Waals surface area contributed by atoms with Crippen LogP contribution in [-0.2, 0) is 42.9 Å². The van der Waals surface area contributed by atoms with E-state index in [4.69, 9.17) is 23.7 Å². The Morgan fingerprint density at radius 1 is 0.923 bits per heavy atom. The summed E-state index contributed by atoms with van der Waals surface area (Å²) in [5.41, 5.74) is 0. The molecule has 0 aliphatic carbocycles. The second kappa shape index (κ2) is 9.59. The molecule has 4 atom stereocenters. The molecule has 0 radical (unpaired) electrons. The maximum absolute atomic E-state index is 11.5. The fourth-order valence-electron chi connectivity index (χ4n) is 2.39.